The molecule has 0 heterocycles. The minimum Gasteiger partial charge on any atom is -0.271 e. The maximum atomic E-state index is 5.49. The van der Waals surface area contributed by atoms with Crippen LogP contribution in [0, 0.1) is 0 Å². The Morgan fingerprint density at radius 3 is 2.07 bits per heavy atom. The summed E-state index contributed by atoms with van der Waals surface area (Å²) in [5.74, 6) is 5.49. The molecule has 0 aromatic heterocycles. The van der Waals surface area contributed by atoms with Crippen LogP contribution in [0.15, 0.2) is 24.3 Å². The van der Waals surface area contributed by atoms with E-state index in [0.717, 1.165) is 6.42 Å². The van der Waals surface area contributed by atoms with Gasteiger partial charge < -0.3 is 0 Å². The van der Waals surface area contributed by atoms with Gasteiger partial charge in [-0.15, -0.1) is 0 Å². The number of rotatable bonds is 3. The van der Waals surface area contributed by atoms with E-state index < -0.39 is 0 Å². The molecule has 0 spiro atoms. The monoisotopic (exact) mass is 206 g/mol. The Balaban J connectivity index is 2.89. The summed E-state index contributed by atoms with van der Waals surface area (Å²) in [4.78, 5) is 0. The average Bonchev–Trinajstić information content (AvgIpc) is 2.19. The van der Waals surface area contributed by atoms with Gasteiger partial charge in [-0.3, -0.25) is 11.3 Å². The second-order valence-corrected chi connectivity index (χ2v) is 5.00. The largest absolute Gasteiger partial charge is 0.271 e. The molecule has 0 aliphatic heterocycles. The third kappa shape index (κ3) is 3.05. The molecule has 1 aromatic rings. The first-order valence-corrected chi connectivity index (χ1v) is 5.55. The Kier molecular flexibility index (Phi) is 3.89. The van der Waals surface area contributed by atoms with E-state index >= 15 is 0 Å². The summed E-state index contributed by atoms with van der Waals surface area (Å²) in [6, 6.07) is 8.97. The number of nitrogens with two attached hydrogens (primary N) is 1. The number of benzene rings is 1. The predicted molar refractivity (Wildman–Crippen MR) is 65.5 cm³/mol. The summed E-state index contributed by atoms with van der Waals surface area (Å²) < 4.78 is 0. The van der Waals surface area contributed by atoms with Crippen LogP contribution < -0.4 is 11.3 Å². The van der Waals surface area contributed by atoms with Gasteiger partial charge in [0.25, 0.3) is 0 Å². The Hall–Kier alpha value is -0.860. The van der Waals surface area contributed by atoms with E-state index in [-0.39, 0.29) is 11.5 Å². The highest BCUT2D eigenvalue weighted by atomic mass is 15.2. The van der Waals surface area contributed by atoms with Crippen molar-refractivity contribution in [2.75, 3.05) is 0 Å². The third-order valence-corrected chi connectivity index (χ3v) is 2.79. The minimum absolute atomic E-state index is 0.219. The van der Waals surface area contributed by atoms with Gasteiger partial charge >= 0.3 is 0 Å². The van der Waals surface area contributed by atoms with Crippen LogP contribution in [0.25, 0.3) is 0 Å². The Morgan fingerprint density at radius 2 is 1.73 bits per heavy atom. The van der Waals surface area contributed by atoms with Gasteiger partial charge in [-0.25, -0.2) is 0 Å². The lowest BCUT2D eigenvalue weighted by atomic mass is 9.86. The van der Waals surface area contributed by atoms with Gasteiger partial charge in [-0.05, 0) is 23.0 Å². The standard InChI is InChI=1S/C13H22N2/c1-5-12(15-14)10-6-8-11(9-7-10)13(2,3)4/h6-9,12,15H,5,14H2,1-4H3/t12-/m0/s1. The Labute approximate surface area is 92.8 Å². The van der Waals surface area contributed by atoms with Crippen molar-refractivity contribution in [3.8, 4) is 0 Å². The molecule has 0 amide bonds. The first-order chi connectivity index (χ1) is 6.99. The van der Waals surface area contributed by atoms with Crippen LogP contribution in [0.2, 0.25) is 0 Å². The molecule has 15 heavy (non-hydrogen) atoms. The fourth-order valence-corrected chi connectivity index (χ4v) is 1.67. The molecular formula is C13H22N2. The first-order valence-electron chi connectivity index (χ1n) is 5.55. The van der Waals surface area contributed by atoms with Crippen LogP contribution in [-0.2, 0) is 5.41 Å². The van der Waals surface area contributed by atoms with Crippen molar-refractivity contribution in [2.24, 2.45) is 5.84 Å². The molecule has 0 aliphatic carbocycles. The summed E-state index contributed by atoms with van der Waals surface area (Å²) in [5.41, 5.74) is 5.66. The molecular weight excluding hydrogens is 184 g/mol. The topological polar surface area (TPSA) is 38.0 Å². The van der Waals surface area contributed by atoms with Crippen molar-refractivity contribution in [3.05, 3.63) is 35.4 Å². The van der Waals surface area contributed by atoms with E-state index in [4.69, 9.17) is 5.84 Å². The molecule has 2 nitrogen and oxygen atoms in total. The molecule has 0 unspecified atom stereocenters. The molecule has 84 valence electrons. The average molecular weight is 206 g/mol. The summed E-state index contributed by atoms with van der Waals surface area (Å²) >= 11 is 0. The van der Waals surface area contributed by atoms with Gasteiger partial charge in [0.15, 0.2) is 0 Å². The van der Waals surface area contributed by atoms with Crippen molar-refractivity contribution in [2.45, 2.75) is 45.6 Å². The van der Waals surface area contributed by atoms with E-state index in [9.17, 15) is 0 Å². The number of nitrogens with one attached hydrogen (secondary N) is 1. The van der Waals surface area contributed by atoms with Crippen LogP contribution in [0.1, 0.15) is 51.3 Å². The van der Waals surface area contributed by atoms with Crippen molar-refractivity contribution < 1.29 is 0 Å². The lowest BCUT2D eigenvalue weighted by Crippen LogP contribution is -2.27. The molecule has 0 aliphatic rings. The summed E-state index contributed by atoms with van der Waals surface area (Å²) in [6.07, 6.45) is 1.01. The predicted octanol–water partition coefficient (Wildman–Crippen LogP) is 2.90. The molecule has 1 atom stereocenters. The molecule has 3 N–H and O–H groups in total. The molecule has 1 rings (SSSR count). The van der Waals surface area contributed by atoms with Crippen LogP contribution in [0.5, 0.6) is 0 Å². The quantitative estimate of drug-likeness (QED) is 0.589. The number of hydrogen-bond acceptors (Lipinski definition) is 2. The van der Waals surface area contributed by atoms with Crippen molar-refractivity contribution >= 4 is 0 Å². The van der Waals surface area contributed by atoms with Gasteiger partial charge in [0.05, 0.1) is 0 Å². The summed E-state index contributed by atoms with van der Waals surface area (Å²) in [5, 5.41) is 0. The SMILES string of the molecule is CC[C@H](NN)c1ccc(C(C)(C)C)cc1. The van der Waals surface area contributed by atoms with Crippen molar-refractivity contribution in [1.29, 1.82) is 0 Å². The zero-order valence-corrected chi connectivity index (χ0v) is 10.2. The third-order valence-electron chi connectivity index (χ3n) is 2.79. The molecule has 0 fully saturated rings. The normalized spacial score (nSPS) is 13.9. The molecule has 0 radical (unpaired) electrons. The Bertz CT molecular complexity index is 291. The molecule has 2 heteroatoms. The molecule has 0 saturated heterocycles. The van der Waals surface area contributed by atoms with Crippen molar-refractivity contribution in [3.63, 3.8) is 0 Å². The summed E-state index contributed by atoms with van der Waals surface area (Å²) in [7, 11) is 0. The highest BCUT2D eigenvalue weighted by Gasteiger charge is 2.14. The number of hydrogen-bond donors (Lipinski definition) is 2. The Morgan fingerprint density at radius 1 is 1.20 bits per heavy atom. The fraction of sp³-hybridized carbons (Fsp3) is 0.538. The fourth-order valence-electron chi connectivity index (χ4n) is 1.67. The molecule has 1 aromatic carbocycles. The molecule has 0 saturated carbocycles. The lowest BCUT2D eigenvalue weighted by Gasteiger charge is -2.20. The molecule has 0 bridgehead atoms. The summed E-state index contributed by atoms with van der Waals surface area (Å²) in [6.45, 7) is 8.80. The van der Waals surface area contributed by atoms with Gasteiger partial charge in [0, 0.05) is 6.04 Å². The zero-order chi connectivity index (χ0) is 11.5. The van der Waals surface area contributed by atoms with Crippen molar-refractivity contribution in [1.82, 2.24) is 5.43 Å². The highest BCUT2D eigenvalue weighted by Crippen LogP contribution is 2.24. The van der Waals surface area contributed by atoms with Gasteiger partial charge in [0.1, 0.15) is 0 Å². The number of hydrazine groups is 1. The van der Waals surface area contributed by atoms with Crippen LogP contribution in [0.4, 0.5) is 0 Å². The smallest absolute Gasteiger partial charge is 0.0457 e. The van der Waals surface area contributed by atoms with E-state index in [0.29, 0.717) is 0 Å². The van der Waals surface area contributed by atoms with E-state index in [2.05, 4.69) is 57.4 Å². The minimum atomic E-state index is 0.219. The van der Waals surface area contributed by atoms with Gasteiger partial charge in [-0.2, -0.15) is 0 Å². The second-order valence-electron chi connectivity index (χ2n) is 5.00. The van der Waals surface area contributed by atoms with E-state index in [1.54, 1.807) is 0 Å². The zero-order valence-electron chi connectivity index (χ0n) is 10.2. The van der Waals surface area contributed by atoms with Crippen LogP contribution in [0.3, 0.4) is 0 Å². The van der Waals surface area contributed by atoms with Gasteiger partial charge in [-0.1, -0.05) is 52.0 Å². The maximum absolute atomic E-state index is 5.49. The van der Waals surface area contributed by atoms with Gasteiger partial charge in [0.2, 0.25) is 0 Å². The second kappa shape index (κ2) is 4.77. The van der Waals surface area contributed by atoms with E-state index in [1.807, 2.05) is 0 Å². The lowest BCUT2D eigenvalue weighted by molar-refractivity contribution is 0.537. The van der Waals surface area contributed by atoms with Crippen LogP contribution >= 0.6 is 0 Å². The van der Waals surface area contributed by atoms with E-state index in [1.165, 1.54) is 11.1 Å². The maximum Gasteiger partial charge on any atom is 0.0457 e. The first kappa shape index (κ1) is 12.2. The van der Waals surface area contributed by atoms with Crippen LogP contribution in [-0.4, -0.2) is 0 Å². The highest BCUT2D eigenvalue weighted by molar-refractivity contribution is 5.29.